The molecule has 1 fully saturated rings. The van der Waals surface area contributed by atoms with Crippen molar-refractivity contribution in [1.82, 2.24) is 4.90 Å². The van der Waals surface area contributed by atoms with Crippen molar-refractivity contribution in [3.63, 3.8) is 0 Å². The summed E-state index contributed by atoms with van der Waals surface area (Å²) in [5.74, 6) is -0.718. The minimum absolute atomic E-state index is 0.0752. The molecule has 2 unspecified atom stereocenters. The topological polar surface area (TPSA) is 76.1 Å². The maximum absolute atomic E-state index is 12.9. The number of hydrogen-bond donors (Lipinski definition) is 1. The lowest BCUT2D eigenvalue weighted by molar-refractivity contribution is -0.152. The molecule has 0 saturated carbocycles. The second-order valence-electron chi connectivity index (χ2n) is 6.77. The van der Waals surface area contributed by atoms with Crippen LogP contribution in [0.3, 0.4) is 0 Å². The van der Waals surface area contributed by atoms with Gasteiger partial charge >= 0.3 is 5.97 Å². The summed E-state index contributed by atoms with van der Waals surface area (Å²) in [4.78, 5) is 26.1. The summed E-state index contributed by atoms with van der Waals surface area (Å²) in [5, 5.41) is 10.1. The molecule has 2 atom stereocenters. The summed E-state index contributed by atoms with van der Waals surface area (Å²) < 4.78 is 10.9. The molecule has 1 aliphatic heterocycles. The van der Waals surface area contributed by atoms with Gasteiger partial charge in [0, 0.05) is 25.2 Å². The lowest BCUT2D eigenvalue weighted by atomic mass is 9.88. The summed E-state index contributed by atoms with van der Waals surface area (Å²) in [7, 11) is 1.47. The van der Waals surface area contributed by atoms with Gasteiger partial charge in [-0.25, -0.2) is 0 Å². The Morgan fingerprint density at radius 1 is 1.40 bits per heavy atom. The van der Waals surface area contributed by atoms with Crippen LogP contribution in [-0.4, -0.2) is 54.8 Å². The van der Waals surface area contributed by atoms with Gasteiger partial charge in [0.05, 0.1) is 6.61 Å². The largest absolute Gasteiger partial charge is 0.481 e. The first-order chi connectivity index (χ1) is 11.8. The second-order valence-corrected chi connectivity index (χ2v) is 7.20. The van der Waals surface area contributed by atoms with Gasteiger partial charge in [-0.15, -0.1) is 0 Å². The average molecular weight is 370 g/mol. The Morgan fingerprint density at radius 2 is 2.12 bits per heavy atom. The highest BCUT2D eigenvalue weighted by Crippen LogP contribution is 2.32. The number of ether oxygens (including phenoxy) is 2. The molecule has 1 aromatic rings. The van der Waals surface area contributed by atoms with E-state index in [-0.39, 0.29) is 25.0 Å². The van der Waals surface area contributed by atoms with Crippen molar-refractivity contribution in [3.8, 4) is 5.75 Å². The number of aliphatic carboxylic acids is 1. The molecule has 0 spiro atoms. The van der Waals surface area contributed by atoms with E-state index in [1.165, 1.54) is 7.11 Å². The summed E-state index contributed by atoms with van der Waals surface area (Å²) in [6.07, 6.45) is -0.338. The van der Waals surface area contributed by atoms with Crippen molar-refractivity contribution in [3.05, 3.63) is 29.3 Å². The highest BCUT2D eigenvalue weighted by atomic mass is 35.5. The molecule has 0 radical (unpaired) electrons. The SMILES string of the molecule is COCC1(C(=O)O)CCN(C(=O)C(Oc2cccc(Cl)c2)C(C)C)C1. The molecule has 1 N–H and O–H groups in total. The number of benzene rings is 1. The van der Waals surface area contributed by atoms with Crippen molar-refractivity contribution >= 4 is 23.5 Å². The van der Waals surface area contributed by atoms with E-state index < -0.39 is 17.5 Å². The van der Waals surface area contributed by atoms with Crippen LogP contribution in [0.25, 0.3) is 0 Å². The van der Waals surface area contributed by atoms with E-state index in [0.29, 0.717) is 23.7 Å². The summed E-state index contributed by atoms with van der Waals surface area (Å²) in [5.41, 5.74) is -1.05. The molecular weight excluding hydrogens is 346 g/mol. The predicted molar refractivity (Wildman–Crippen MR) is 93.8 cm³/mol. The van der Waals surface area contributed by atoms with Crippen molar-refractivity contribution in [2.45, 2.75) is 26.4 Å². The number of rotatable bonds is 7. The Morgan fingerprint density at radius 3 is 2.68 bits per heavy atom. The lowest BCUT2D eigenvalue weighted by Gasteiger charge is -2.28. The van der Waals surface area contributed by atoms with Gasteiger partial charge in [-0.2, -0.15) is 0 Å². The van der Waals surface area contributed by atoms with E-state index in [2.05, 4.69) is 0 Å². The van der Waals surface area contributed by atoms with E-state index in [1.54, 1.807) is 29.2 Å². The van der Waals surface area contributed by atoms with E-state index in [4.69, 9.17) is 21.1 Å². The van der Waals surface area contributed by atoms with E-state index in [0.717, 1.165) is 0 Å². The van der Waals surface area contributed by atoms with E-state index in [1.807, 2.05) is 13.8 Å². The molecule has 1 heterocycles. The van der Waals surface area contributed by atoms with Gasteiger partial charge in [-0.05, 0) is 30.5 Å². The van der Waals surface area contributed by atoms with Gasteiger partial charge in [-0.3, -0.25) is 9.59 Å². The van der Waals surface area contributed by atoms with Crippen LogP contribution in [0.1, 0.15) is 20.3 Å². The van der Waals surface area contributed by atoms with Crippen LogP contribution in [0.4, 0.5) is 0 Å². The Labute approximate surface area is 152 Å². The maximum atomic E-state index is 12.9. The van der Waals surface area contributed by atoms with Crippen LogP contribution in [0.2, 0.25) is 5.02 Å². The normalized spacial score (nSPS) is 21.4. The Balaban J connectivity index is 2.14. The van der Waals surface area contributed by atoms with Crippen LogP contribution in [0, 0.1) is 11.3 Å². The molecular formula is C18H24ClNO5. The van der Waals surface area contributed by atoms with Crippen molar-refractivity contribution in [1.29, 1.82) is 0 Å². The first-order valence-electron chi connectivity index (χ1n) is 8.22. The molecule has 0 aliphatic carbocycles. The number of carbonyl (C=O) groups is 2. The zero-order chi connectivity index (χ0) is 18.6. The zero-order valence-electron chi connectivity index (χ0n) is 14.7. The van der Waals surface area contributed by atoms with Crippen LogP contribution >= 0.6 is 11.6 Å². The molecule has 1 saturated heterocycles. The number of carbonyl (C=O) groups excluding carboxylic acids is 1. The number of hydrogen-bond acceptors (Lipinski definition) is 4. The molecule has 6 nitrogen and oxygen atoms in total. The summed E-state index contributed by atoms with van der Waals surface area (Å²) >= 11 is 5.97. The maximum Gasteiger partial charge on any atom is 0.313 e. The number of amides is 1. The van der Waals surface area contributed by atoms with E-state index >= 15 is 0 Å². The number of nitrogens with zero attached hydrogens (tertiary/aromatic N) is 1. The molecule has 7 heteroatoms. The van der Waals surface area contributed by atoms with Crippen LogP contribution in [0.15, 0.2) is 24.3 Å². The molecule has 1 amide bonds. The van der Waals surface area contributed by atoms with Gasteiger partial charge < -0.3 is 19.5 Å². The van der Waals surface area contributed by atoms with Crippen LogP contribution < -0.4 is 4.74 Å². The minimum atomic E-state index is -1.05. The monoisotopic (exact) mass is 369 g/mol. The molecule has 25 heavy (non-hydrogen) atoms. The standard InChI is InChI=1S/C18H24ClNO5/c1-12(2)15(25-14-6-4-5-13(19)9-14)16(21)20-8-7-18(10-20,11-24-3)17(22)23/h4-6,9,12,15H,7-8,10-11H2,1-3H3,(H,22,23). The van der Waals surface area contributed by atoms with Crippen molar-refractivity contribution in [2.24, 2.45) is 11.3 Å². The average Bonchev–Trinajstić information content (AvgIpc) is 2.98. The molecule has 0 bridgehead atoms. The predicted octanol–water partition coefficient (Wildman–Crippen LogP) is 2.69. The number of carboxylic acid groups (broad SMARTS) is 1. The third-order valence-corrected chi connectivity index (χ3v) is 4.68. The fraction of sp³-hybridized carbons (Fsp3) is 0.556. The number of carboxylic acids is 1. The highest BCUT2D eigenvalue weighted by molar-refractivity contribution is 6.30. The van der Waals surface area contributed by atoms with Gasteiger partial charge in [0.15, 0.2) is 6.10 Å². The molecule has 0 aromatic heterocycles. The minimum Gasteiger partial charge on any atom is -0.481 e. The number of methoxy groups -OCH3 is 1. The molecule has 2 rings (SSSR count). The molecule has 1 aromatic carbocycles. The summed E-state index contributed by atoms with van der Waals surface area (Å²) in [6.45, 7) is 4.35. The summed E-state index contributed by atoms with van der Waals surface area (Å²) in [6, 6.07) is 6.88. The van der Waals surface area contributed by atoms with Gasteiger partial charge in [0.2, 0.25) is 0 Å². The van der Waals surface area contributed by atoms with Crippen molar-refractivity contribution < 1.29 is 24.2 Å². The Bertz CT molecular complexity index is 636. The molecule has 138 valence electrons. The number of likely N-dealkylation sites (tertiary alicyclic amines) is 1. The zero-order valence-corrected chi connectivity index (χ0v) is 15.5. The third-order valence-electron chi connectivity index (χ3n) is 4.45. The van der Waals surface area contributed by atoms with E-state index in [9.17, 15) is 14.7 Å². The fourth-order valence-electron chi connectivity index (χ4n) is 3.03. The van der Waals surface area contributed by atoms with Gasteiger partial charge in [0.25, 0.3) is 5.91 Å². The molecule has 1 aliphatic rings. The quantitative estimate of drug-likeness (QED) is 0.799. The lowest BCUT2D eigenvalue weighted by Crippen LogP contribution is -2.46. The van der Waals surface area contributed by atoms with Crippen LogP contribution in [-0.2, 0) is 14.3 Å². The van der Waals surface area contributed by atoms with Crippen LogP contribution in [0.5, 0.6) is 5.75 Å². The van der Waals surface area contributed by atoms with Gasteiger partial charge in [-0.1, -0.05) is 31.5 Å². The first-order valence-corrected chi connectivity index (χ1v) is 8.60. The Hall–Kier alpha value is -1.79. The Kier molecular flexibility index (Phi) is 6.30. The number of halogens is 1. The third kappa shape index (κ3) is 4.44. The smallest absolute Gasteiger partial charge is 0.313 e. The fourth-order valence-corrected chi connectivity index (χ4v) is 3.21. The van der Waals surface area contributed by atoms with Gasteiger partial charge in [0.1, 0.15) is 11.2 Å². The van der Waals surface area contributed by atoms with Crippen molar-refractivity contribution in [2.75, 3.05) is 26.8 Å². The second kappa shape index (κ2) is 8.06. The first kappa shape index (κ1) is 19.5. The highest BCUT2D eigenvalue weighted by Gasteiger charge is 2.47.